The summed E-state index contributed by atoms with van der Waals surface area (Å²) in [5, 5.41) is 3.10. The molecule has 164 valence electrons. The average Bonchev–Trinajstić information content (AvgIpc) is 2.84. The highest BCUT2D eigenvalue weighted by Gasteiger charge is 2.17. The molecule has 1 fully saturated rings. The van der Waals surface area contributed by atoms with Gasteiger partial charge in [-0.05, 0) is 61.2 Å². The van der Waals surface area contributed by atoms with Crippen LogP contribution >= 0.6 is 0 Å². The lowest BCUT2D eigenvalue weighted by Crippen LogP contribution is -2.35. The maximum Gasteiger partial charge on any atom is 0.253 e. The number of piperidine rings is 1. The van der Waals surface area contributed by atoms with Gasteiger partial charge in [-0.1, -0.05) is 36.4 Å². The van der Waals surface area contributed by atoms with Gasteiger partial charge in [0.25, 0.3) is 5.91 Å². The Morgan fingerprint density at radius 1 is 0.906 bits per heavy atom. The third kappa shape index (κ3) is 5.88. The van der Waals surface area contributed by atoms with Gasteiger partial charge in [0.15, 0.2) is 5.96 Å². The predicted octanol–water partition coefficient (Wildman–Crippen LogP) is 5.03. The molecule has 0 unspecified atom stereocenters. The van der Waals surface area contributed by atoms with Crippen molar-refractivity contribution in [1.82, 2.24) is 4.90 Å². The normalized spacial score (nSPS) is 14.1. The number of rotatable bonds is 6. The highest BCUT2D eigenvalue weighted by Crippen LogP contribution is 2.23. The van der Waals surface area contributed by atoms with Crippen LogP contribution in [-0.4, -0.2) is 29.9 Å². The second-order valence-electron chi connectivity index (χ2n) is 7.82. The van der Waals surface area contributed by atoms with Gasteiger partial charge in [-0.15, -0.1) is 0 Å². The number of hydrogen-bond donors (Lipinski definition) is 2. The summed E-state index contributed by atoms with van der Waals surface area (Å²) in [6.07, 6.45) is 3.39. The van der Waals surface area contributed by atoms with E-state index in [1.807, 2.05) is 83.8 Å². The number of amides is 1. The van der Waals surface area contributed by atoms with Gasteiger partial charge >= 0.3 is 0 Å². The second kappa shape index (κ2) is 10.5. The van der Waals surface area contributed by atoms with E-state index in [4.69, 9.17) is 10.5 Å². The Labute approximate surface area is 188 Å². The summed E-state index contributed by atoms with van der Waals surface area (Å²) in [6.45, 7) is 2.13. The molecule has 6 heteroatoms. The molecule has 6 nitrogen and oxygen atoms in total. The van der Waals surface area contributed by atoms with E-state index in [0.717, 1.165) is 48.5 Å². The number of nitrogens with two attached hydrogens (primary N) is 1. The molecule has 1 amide bonds. The lowest BCUT2D eigenvalue weighted by Gasteiger charge is -2.26. The molecule has 1 aliphatic heterocycles. The maximum atomic E-state index is 12.6. The molecule has 1 saturated heterocycles. The predicted molar refractivity (Wildman–Crippen MR) is 128 cm³/mol. The lowest BCUT2D eigenvalue weighted by molar-refractivity contribution is 0.0724. The molecule has 0 saturated carbocycles. The summed E-state index contributed by atoms with van der Waals surface area (Å²) < 4.78 is 5.85. The quantitative estimate of drug-likeness (QED) is 0.426. The number of benzene rings is 3. The first kappa shape index (κ1) is 21.4. The fourth-order valence-electron chi connectivity index (χ4n) is 3.66. The number of nitrogens with zero attached hydrogens (tertiary/aromatic N) is 2. The van der Waals surface area contributed by atoms with Crippen molar-refractivity contribution < 1.29 is 9.53 Å². The molecule has 0 atom stereocenters. The van der Waals surface area contributed by atoms with Gasteiger partial charge in [0.2, 0.25) is 0 Å². The number of carbonyl (C=O) groups is 1. The highest BCUT2D eigenvalue weighted by atomic mass is 16.5. The van der Waals surface area contributed by atoms with Crippen LogP contribution in [0.15, 0.2) is 83.9 Å². The summed E-state index contributed by atoms with van der Waals surface area (Å²) in [5.41, 5.74) is 8.58. The monoisotopic (exact) mass is 428 g/mol. The number of likely N-dealkylation sites (tertiary alicyclic amines) is 1. The third-order valence-corrected chi connectivity index (χ3v) is 5.36. The summed E-state index contributed by atoms with van der Waals surface area (Å²) in [7, 11) is 0. The first-order valence-corrected chi connectivity index (χ1v) is 11.0. The number of anilines is 1. The van der Waals surface area contributed by atoms with Crippen molar-refractivity contribution in [3.8, 4) is 11.5 Å². The second-order valence-corrected chi connectivity index (χ2v) is 7.82. The molecular formula is C26H28N4O2. The highest BCUT2D eigenvalue weighted by molar-refractivity contribution is 5.94. The largest absolute Gasteiger partial charge is 0.457 e. The van der Waals surface area contributed by atoms with E-state index in [0.29, 0.717) is 18.3 Å². The summed E-state index contributed by atoms with van der Waals surface area (Å²) in [4.78, 5) is 18.9. The zero-order chi connectivity index (χ0) is 22.2. The van der Waals surface area contributed by atoms with E-state index in [1.54, 1.807) is 0 Å². The minimum absolute atomic E-state index is 0.110. The van der Waals surface area contributed by atoms with Gasteiger partial charge in [-0.3, -0.25) is 4.79 Å². The molecule has 4 rings (SSSR count). The van der Waals surface area contributed by atoms with Crippen LogP contribution in [0, 0.1) is 0 Å². The minimum atomic E-state index is 0.110. The Hall–Kier alpha value is -3.80. The van der Waals surface area contributed by atoms with Crippen molar-refractivity contribution in [1.29, 1.82) is 0 Å². The molecule has 0 bridgehead atoms. The van der Waals surface area contributed by atoms with Crippen LogP contribution in [0.25, 0.3) is 0 Å². The molecule has 32 heavy (non-hydrogen) atoms. The van der Waals surface area contributed by atoms with Gasteiger partial charge in [0, 0.05) is 30.4 Å². The minimum Gasteiger partial charge on any atom is -0.457 e. The Balaban J connectivity index is 1.33. The van der Waals surface area contributed by atoms with E-state index in [9.17, 15) is 4.79 Å². The summed E-state index contributed by atoms with van der Waals surface area (Å²) in [6, 6.07) is 24.8. The third-order valence-electron chi connectivity index (χ3n) is 5.36. The zero-order valence-electron chi connectivity index (χ0n) is 18.0. The van der Waals surface area contributed by atoms with Crippen LogP contribution < -0.4 is 15.8 Å². The van der Waals surface area contributed by atoms with E-state index in [-0.39, 0.29) is 5.91 Å². The molecule has 0 radical (unpaired) electrons. The van der Waals surface area contributed by atoms with E-state index in [1.165, 1.54) is 6.42 Å². The first-order valence-electron chi connectivity index (χ1n) is 11.0. The van der Waals surface area contributed by atoms with Crippen molar-refractivity contribution in [3.63, 3.8) is 0 Å². The molecule has 0 aromatic heterocycles. The SMILES string of the molecule is NC(=NCc1ccc(C(=O)N2CCCCC2)cc1)Nc1cccc(Oc2ccccc2)c1. The molecule has 1 heterocycles. The van der Waals surface area contributed by atoms with Gasteiger partial charge in [-0.25, -0.2) is 4.99 Å². The van der Waals surface area contributed by atoms with Gasteiger partial charge in [0.1, 0.15) is 11.5 Å². The van der Waals surface area contributed by atoms with Gasteiger partial charge in [0.05, 0.1) is 6.54 Å². The Morgan fingerprint density at radius 2 is 1.62 bits per heavy atom. The number of para-hydroxylation sites is 1. The number of hydrogen-bond acceptors (Lipinski definition) is 3. The van der Waals surface area contributed by atoms with Crippen molar-refractivity contribution in [3.05, 3.63) is 90.0 Å². The average molecular weight is 429 g/mol. The number of ether oxygens (including phenoxy) is 1. The molecule has 0 aliphatic carbocycles. The van der Waals surface area contributed by atoms with Crippen LogP contribution in [0.5, 0.6) is 11.5 Å². The Kier molecular flexibility index (Phi) is 7.02. The number of aliphatic imine (C=N–C) groups is 1. The topological polar surface area (TPSA) is 80.0 Å². The van der Waals surface area contributed by atoms with Crippen LogP contribution in [0.1, 0.15) is 35.2 Å². The van der Waals surface area contributed by atoms with Crippen molar-refractivity contribution in [2.45, 2.75) is 25.8 Å². The lowest BCUT2D eigenvalue weighted by atomic mass is 10.1. The van der Waals surface area contributed by atoms with Crippen molar-refractivity contribution in [2.75, 3.05) is 18.4 Å². The fraction of sp³-hybridized carbons (Fsp3) is 0.231. The van der Waals surface area contributed by atoms with Gasteiger partial charge in [-0.2, -0.15) is 0 Å². The summed E-state index contributed by atoms with van der Waals surface area (Å²) >= 11 is 0. The Morgan fingerprint density at radius 3 is 2.38 bits per heavy atom. The molecule has 3 aromatic carbocycles. The molecule has 0 spiro atoms. The first-order chi connectivity index (χ1) is 15.7. The number of guanidine groups is 1. The maximum absolute atomic E-state index is 12.6. The van der Waals surface area contributed by atoms with Crippen LogP contribution in [0.3, 0.4) is 0 Å². The Bertz CT molecular complexity index is 1060. The summed E-state index contributed by atoms with van der Waals surface area (Å²) in [5.74, 6) is 1.91. The van der Waals surface area contributed by atoms with E-state index < -0.39 is 0 Å². The molecular weight excluding hydrogens is 400 g/mol. The van der Waals surface area contributed by atoms with Crippen molar-refractivity contribution in [2.24, 2.45) is 10.7 Å². The fourth-order valence-corrected chi connectivity index (χ4v) is 3.66. The zero-order valence-corrected chi connectivity index (χ0v) is 18.0. The van der Waals surface area contributed by atoms with E-state index >= 15 is 0 Å². The van der Waals surface area contributed by atoms with Crippen LogP contribution in [0.4, 0.5) is 5.69 Å². The van der Waals surface area contributed by atoms with Crippen LogP contribution in [0.2, 0.25) is 0 Å². The molecule has 1 aliphatic rings. The van der Waals surface area contributed by atoms with Crippen LogP contribution in [-0.2, 0) is 6.54 Å². The number of nitrogens with one attached hydrogen (secondary N) is 1. The van der Waals surface area contributed by atoms with Crippen molar-refractivity contribution >= 4 is 17.6 Å². The van der Waals surface area contributed by atoms with Gasteiger partial charge < -0.3 is 20.7 Å². The van der Waals surface area contributed by atoms with E-state index in [2.05, 4.69) is 10.3 Å². The smallest absolute Gasteiger partial charge is 0.253 e. The molecule has 3 N–H and O–H groups in total. The molecule has 3 aromatic rings. The standard InChI is InChI=1S/C26H28N4O2/c27-26(29-22-8-7-11-24(18-22)32-23-9-3-1-4-10-23)28-19-20-12-14-21(15-13-20)25(31)30-16-5-2-6-17-30/h1,3-4,7-15,18H,2,5-6,16-17,19H2,(H3,27,28,29). The number of carbonyl (C=O) groups excluding carboxylic acids is 1.